The Hall–Kier alpha value is -1.35. The first-order valence-electron chi connectivity index (χ1n) is 8.54. The van der Waals surface area contributed by atoms with Crippen molar-refractivity contribution in [2.45, 2.75) is 31.7 Å². The lowest BCUT2D eigenvalue weighted by Crippen LogP contribution is -2.42. The van der Waals surface area contributed by atoms with Gasteiger partial charge in [-0.2, -0.15) is 0 Å². The van der Waals surface area contributed by atoms with E-state index in [2.05, 4.69) is 37.7 Å². The topological polar surface area (TPSA) is 49.8 Å². The summed E-state index contributed by atoms with van der Waals surface area (Å²) < 4.78 is 5.56. The second kappa shape index (κ2) is 9.03. The molecule has 1 N–H and O–H groups in total. The van der Waals surface area contributed by atoms with Crippen LogP contribution in [0.15, 0.2) is 34.6 Å². The quantitative estimate of drug-likeness (QED) is 0.383. The Bertz CT molecular complexity index is 758. The first-order chi connectivity index (χ1) is 12.1. The van der Waals surface area contributed by atoms with Crippen molar-refractivity contribution in [1.29, 1.82) is 0 Å². The number of benzene rings is 1. The van der Waals surface area contributed by atoms with Crippen LogP contribution in [0, 0.1) is 6.92 Å². The van der Waals surface area contributed by atoms with Gasteiger partial charge in [-0.05, 0) is 25.8 Å². The van der Waals surface area contributed by atoms with Gasteiger partial charge in [0.2, 0.25) is 0 Å². The van der Waals surface area contributed by atoms with Gasteiger partial charge in [-0.1, -0.05) is 18.2 Å². The molecule has 0 atom stereocenters. The van der Waals surface area contributed by atoms with Crippen LogP contribution in [0.5, 0.6) is 5.75 Å². The van der Waals surface area contributed by atoms with Gasteiger partial charge in [-0.25, -0.2) is 4.98 Å². The molecular weight excluding hydrogens is 459 g/mol. The standard InChI is InChI=1S/C19H26N4OS.HI/c1-14-22-15(12-25-14)11-23(3)18(20-2)21-13-19(9-10-19)16-7-5-6-8-17(16)24-4;/h5-8,12H,9-11,13H2,1-4H3,(H,20,21);1H. The summed E-state index contributed by atoms with van der Waals surface area (Å²) in [6, 6.07) is 8.33. The third-order valence-electron chi connectivity index (χ3n) is 4.76. The molecule has 7 heteroatoms. The number of hydrogen-bond acceptors (Lipinski definition) is 4. The molecule has 142 valence electrons. The minimum Gasteiger partial charge on any atom is -0.496 e. The van der Waals surface area contributed by atoms with Gasteiger partial charge in [0, 0.05) is 37.0 Å². The van der Waals surface area contributed by atoms with E-state index < -0.39 is 0 Å². The van der Waals surface area contributed by atoms with E-state index in [4.69, 9.17) is 4.74 Å². The molecule has 0 spiro atoms. The molecule has 5 nitrogen and oxygen atoms in total. The zero-order valence-corrected chi connectivity index (χ0v) is 18.9. The molecule has 0 unspecified atom stereocenters. The van der Waals surface area contributed by atoms with Gasteiger partial charge >= 0.3 is 0 Å². The second-order valence-corrected chi connectivity index (χ2v) is 7.66. The molecule has 1 saturated carbocycles. The van der Waals surface area contributed by atoms with Gasteiger partial charge < -0.3 is 15.0 Å². The van der Waals surface area contributed by atoms with E-state index in [0.29, 0.717) is 0 Å². The lowest BCUT2D eigenvalue weighted by atomic mass is 9.95. The summed E-state index contributed by atoms with van der Waals surface area (Å²) in [5.41, 5.74) is 2.53. The number of nitrogens with zero attached hydrogens (tertiary/aromatic N) is 3. The monoisotopic (exact) mass is 486 g/mol. The molecule has 0 saturated heterocycles. The first-order valence-corrected chi connectivity index (χ1v) is 9.42. The third-order valence-corrected chi connectivity index (χ3v) is 5.58. The number of ether oxygens (including phenoxy) is 1. The minimum atomic E-state index is 0. The summed E-state index contributed by atoms with van der Waals surface area (Å²) in [6.45, 7) is 3.65. The number of guanidine groups is 1. The maximum absolute atomic E-state index is 5.56. The number of para-hydroxylation sites is 1. The van der Waals surface area contributed by atoms with Crippen LogP contribution >= 0.6 is 35.3 Å². The molecule has 2 aromatic rings. The van der Waals surface area contributed by atoms with Gasteiger partial charge in [0.15, 0.2) is 5.96 Å². The highest BCUT2D eigenvalue weighted by atomic mass is 127. The van der Waals surface area contributed by atoms with Crippen molar-refractivity contribution in [1.82, 2.24) is 15.2 Å². The number of rotatable bonds is 6. The van der Waals surface area contributed by atoms with Gasteiger partial charge in [0.05, 0.1) is 24.4 Å². The maximum atomic E-state index is 5.56. The van der Waals surface area contributed by atoms with Crippen LogP contribution < -0.4 is 10.1 Å². The number of aliphatic imine (C=N–C) groups is 1. The summed E-state index contributed by atoms with van der Waals surface area (Å²) in [7, 11) is 5.62. The number of methoxy groups -OCH3 is 1. The van der Waals surface area contributed by atoms with E-state index >= 15 is 0 Å². The van der Waals surface area contributed by atoms with E-state index in [1.54, 1.807) is 18.4 Å². The molecular formula is C19H27IN4OS. The SMILES string of the molecule is CN=C(NCC1(c2ccccc2OC)CC1)N(C)Cc1csc(C)n1.I. The highest BCUT2D eigenvalue weighted by Crippen LogP contribution is 2.50. The van der Waals surface area contributed by atoms with Gasteiger partial charge in [0.25, 0.3) is 0 Å². The minimum absolute atomic E-state index is 0. The van der Waals surface area contributed by atoms with Crippen LogP contribution in [0.4, 0.5) is 0 Å². The van der Waals surface area contributed by atoms with E-state index in [1.807, 2.05) is 33.2 Å². The Kier molecular flexibility index (Phi) is 7.28. The third kappa shape index (κ3) is 4.68. The Morgan fingerprint density at radius 1 is 1.38 bits per heavy atom. The molecule has 0 radical (unpaired) electrons. The molecule has 0 bridgehead atoms. The second-order valence-electron chi connectivity index (χ2n) is 6.60. The van der Waals surface area contributed by atoms with E-state index in [0.717, 1.165) is 35.5 Å². The molecule has 0 amide bonds. The fourth-order valence-electron chi connectivity index (χ4n) is 3.21. The van der Waals surface area contributed by atoms with Crippen LogP contribution in [0.1, 0.15) is 29.1 Å². The summed E-state index contributed by atoms with van der Waals surface area (Å²) in [5.74, 6) is 1.87. The predicted octanol–water partition coefficient (Wildman–Crippen LogP) is 3.82. The van der Waals surface area contributed by atoms with Crippen LogP contribution in [0.3, 0.4) is 0 Å². The summed E-state index contributed by atoms with van der Waals surface area (Å²) in [4.78, 5) is 11.1. The number of halogens is 1. The largest absolute Gasteiger partial charge is 0.496 e. The van der Waals surface area contributed by atoms with E-state index in [-0.39, 0.29) is 29.4 Å². The number of thiazole rings is 1. The Morgan fingerprint density at radius 3 is 2.69 bits per heavy atom. The van der Waals surface area contributed by atoms with Crippen molar-refractivity contribution in [3.63, 3.8) is 0 Å². The van der Waals surface area contributed by atoms with Crippen LogP contribution in [-0.4, -0.2) is 43.6 Å². The van der Waals surface area contributed by atoms with Crippen molar-refractivity contribution in [2.75, 3.05) is 27.7 Å². The van der Waals surface area contributed by atoms with Crippen molar-refractivity contribution in [3.05, 3.63) is 45.9 Å². The highest BCUT2D eigenvalue weighted by Gasteiger charge is 2.46. The maximum Gasteiger partial charge on any atom is 0.193 e. The van der Waals surface area contributed by atoms with Crippen molar-refractivity contribution in [3.8, 4) is 5.75 Å². The number of nitrogens with one attached hydrogen (secondary N) is 1. The van der Waals surface area contributed by atoms with Crippen molar-refractivity contribution in [2.24, 2.45) is 4.99 Å². The van der Waals surface area contributed by atoms with Crippen LogP contribution in [-0.2, 0) is 12.0 Å². The summed E-state index contributed by atoms with van der Waals surface area (Å²) in [6.07, 6.45) is 2.35. The summed E-state index contributed by atoms with van der Waals surface area (Å²) in [5, 5.41) is 6.75. The Balaban J connectivity index is 0.00000243. The predicted molar refractivity (Wildman–Crippen MR) is 119 cm³/mol. The molecule has 26 heavy (non-hydrogen) atoms. The van der Waals surface area contributed by atoms with Crippen LogP contribution in [0.25, 0.3) is 0 Å². The normalized spacial score (nSPS) is 15.2. The average molecular weight is 486 g/mol. The molecule has 1 aliphatic rings. The first kappa shape index (κ1) is 21.0. The number of hydrogen-bond donors (Lipinski definition) is 1. The van der Waals surface area contributed by atoms with Crippen molar-refractivity contribution < 1.29 is 4.74 Å². The fraction of sp³-hybridized carbons (Fsp3) is 0.474. The lowest BCUT2D eigenvalue weighted by molar-refractivity contribution is 0.402. The number of aromatic nitrogens is 1. The average Bonchev–Trinajstić information content (AvgIpc) is 3.30. The fourth-order valence-corrected chi connectivity index (χ4v) is 3.81. The van der Waals surface area contributed by atoms with Gasteiger partial charge in [-0.15, -0.1) is 35.3 Å². The Labute approximate surface area is 176 Å². The molecule has 0 aliphatic heterocycles. The molecule has 1 aromatic heterocycles. The van der Waals surface area contributed by atoms with Gasteiger partial charge in [-0.3, -0.25) is 4.99 Å². The molecule has 1 heterocycles. The van der Waals surface area contributed by atoms with Crippen LogP contribution in [0.2, 0.25) is 0 Å². The summed E-state index contributed by atoms with van der Waals surface area (Å²) >= 11 is 1.68. The van der Waals surface area contributed by atoms with Gasteiger partial charge in [0.1, 0.15) is 5.75 Å². The zero-order chi connectivity index (χ0) is 17.9. The van der Waals surface area contributed by atoms with E-state index in [1.165, 1.54) is 18.4 Å². The smallest absolute Gasteiger partial charge is 0.193 e. The van der Waals surface area contributed by atoms with Crippen molar-refractivity contribution >= 4 is 41.3 Å². The molecule has 3 rings (SSSR count). The van der Waals surface area contributed by atoms with E-state index in [9.17, 15) is 0 Å². The zero-order valence-electron chi connectivity index (χ0n) is 15.8. The molecule has 1 aliphatic carbocycles. The highest BCUT2D eigenvalue weighted by molar-refractivity contribution is 14.0. The molecule has 1 aromatic carbocycles. The number of aryl methyl sites for hydroxylation is 1. The lowest BCUT2D eigenvalue weighted by Gasteiger charge is -2.25. The molecule has 1 fully saturated rings. The Morgan fingerprint density at radius 2 is 2.12 bits per heavy atom.